The average Bonchev–Trinajstić information content (AvgIpc) is 3.32. The third kappa shape index (κ3) is 5.92. The van der Waals surface area contributed by atoms with Crippen molar-refractivity contribution in [3.05, 3.63) is 69.9 Å². The fourth-order valence-electron chi connectivity index (χ4n) is 2.64. The number of aryl methyl sites for hydroxylation is 2. The van der Waals surface area contributed by atoms with Crippen LogP contribution in [0, 0.1) is 6.92 Å². The molecule has 0 bridgehead atoms. The van der Waals surface area contributed by atoms with E-state index in [1.165, 1.54) is 10.4 Å². The lowest BCUT2D eigenvalue weighted by atomic mass is 10.1. The Bertz CT molecular complexity index is 839. The molecule has 0 atom stereocenters. The van der Waals surface area contributed by atoms with Crippen LogP contribution in [0.5, 0.6) is 0 Å². The van der Waals surface area contributed by atoms with Crippen molar-refractivity contribution in [1.82, 2.24) is 25.4 Å². The first-order valence-corrected chi connectivity index (χ1v) is 10.0. The fraction of sp³-hybridized carbons (Fsp3) is 0.350. The highest BCUT2D eigenvalue weighted by atomic mass is 32.1. The van der Waals surface area contributed by atoms with Crippen molar-refractivity contribution in [3.63, 3.8) is 0 Å². The molecule has 0 saturated carbocycles. The maximum Gasteiger partial charge on any atom is 0.192 e. The molecule has 1 aromatic carbocycles. The van der Waals surface area contributed by atoms with E-state index in [0.29, 0.717) is 6.54 Å². The Balaban J connectivity index is 1.54. The first kappa shape index (κ1) is 19.1. The Morgan fingerprint density at radius 3 is 2.67 bits per heavy atom. The number of thiophene rings is 1. The van der Waals surface area contributed by atoms with E-state index in [9.17, 15) is 0 Å². The zero-order chi connectivity index (χ0) is 18.9. The van der Waals surface area contributed by atoms with Gasteiger partial charge in [-0.3, -0.25) is 0 Å². The molecule has 0 fully saturated rings. The smallest absolute Gasteiger partial charge is 0.192 e. The molecule has 0 amide bonds. The molecule has 0 aliphatic heterocycles. The van der Waals surface area contributed by atoms with Gasteiger partial charge in [-0.05, 0) is 36.8 Å². The summed E-state index contributed by atoms with van der Waals surface area (Å²) < 4.78 is 1.97. The molecule has 2 aromatic heterocycles. The largest absolute Gasteiger partial charge is 0.356 e. The van der Waals surface area contributed by atoms with Gasteiger partial charge in [0.05, 0.1) is 6.54 Å². The summed E-state index contributed by atoms with van der Waals surface area (Å²) >= 11 is 1.74. The summed E-state index contributed by atoms with van der Waals surface area (Å²) in [6.45, 7) is 4.07. The number of hydrogen-bond donors (Lipinski definition) is 2. The summed E-state index contributed by atoms with van der Waals surface area (Å²) in [6.07, 6.45) is 2.10. The molecule has 0 aliphatic rings. The average molecular weight is 383 g/mol. The van der Waals surface area contributed by atoms with Crippen molar-refractivity contribution in [2.24, 2.45) is 12.0 Å². The summed E-state index contributed by atoms with van der Waals surface area (Å²) in [4.78, 5) is 5.97. The molecule has 2 N–H and O–H groups in total. The summed E-state index contributed by atoms with van der Waals surface area (Å²) in [5, 5.41) is 17.2. The number of hydrogen-bond acceptors (Lipinski definition) is 4. The molecule has 0 unspecified atom stereocenters. The number of aromatic nitrogens is 3. The SMILES string of the molecule is Cc1nnc(CN=C(NCCCc2ccccc2)NCc2cccs2)n1C. The summed E-state index contributed by atoms with van der Waals surface area (Å²) in [5.41, 5.74) is 1.36. The molecule has 0 saturated heterocycles. The van der Waals surface area contributed by atoms with Crippen molar-refractivity contribution in [2.45, 2.75) is 32.9 Å². The van der Waals surface area contributed by atoms with Crippen LogP contribution >= 0.6 is 11.3 Å². The normalized spacial score (nSPS) is 11.6. The molecular weight excluding hydrogens is 356 g/mol. The van der Waals surface area contributed by atoms with Gasteiger partial charge in [-0.25, -0.2) is 4.99 Å². The van der Waals surface area contributed by atoms with Crippen LogP contribution in [0.4, 0.5) is 0 Å². The first-order chi connectivity index (χ1) is 13.2. The monoisotopic (exact) mass is 382 g/mol. The summed E-state index contributed by atoms with van der Waals surface area (Å²) in [7, 11) is 1.96. The molecule has 27 heavy (non-hydrogen) atoms. The van der Waals surface area contributed by atoms with Crippen LogP contribution in [-0.4, -0.2) is 27.3 Å². The van der Waals surface area contributed by atoms with Gasteiger partial charge in [0.1, 0.15) is 12.4 Å². The van der Waals surface area contributed by atoms with E-state index >= 15 is 0 Å². The highest BCUT2D eigenvalue weighted by Crippen LogP contribution is 2.07. The lowest BCUT2D eigenvalue weighted by Crippen LogP contribution is -2.37. The van der Waals surface area contributed by atoms with Crippen LogP contribution in [-0.2, 0) is 26.6 Å². The number of guanidine groups is 1. The zero-order valence-corrected chi connectivity index (χ0v) is 16.7. The minimum absolute atomic E-state index is 0.496. The second-order valence-corrected chi connectivity index (χ2v) is 7.37. The summed E-state index contributed by atoms with van der Waals surface area (Å²) in [6, 6.07) is 14.7. The van der Waals surface area contributed by atoms with Gasteiger partial charge < -0.3 is 15.2 Å². The molecule has 0 spiro atoms. The highest BCUT2D eigenvalue weighted by molar-refractivity contribution is 7.09. The maximum atomic E-state index is 4.69. The van der Waals surface area contributed by atoms with Gasteiger partial charge in [-0.1, -0.05) is 36.4 Å². The standard InChI is InChI=1S/C20H26N6S/c1-16-24-25-19(26(16)2)15-23-20(22-14-18-11-7-13-27-18)21-12-6-10-17-8-4-3-5-9-17/h3-5,7-9,11,13H,6,10,12,14-15H2,1-2H3,(H2,21,22,23). The molecule has 6 nitrogen and oxygen atoms in total. The zero-order valence-electron chi connectivity index (χ0n) is 15.9. The van der Waals surface area contributed by atoms with E-state index in [1.54, 1.807) is 11.3 Å². The molecular formula is C20H26N6S. The van der Waals surface area contributed by atoms with E-state index in [4.69, 9.17) is 0 Å². The Morgan fingerprint density at radius 1 is 1.11 bits per heavy atom. The third-order valence-corrected chi connectivity index (χ3v) is 5.23. The third-order valence-electron chi connectivity index (χ3n) is 4.35. The molecule has 3 rings (SSSR count). The van der Waals surface area contributed by atoms with Crippen molar-refractivity contribution in [1.29, 1.82) is 0 Å². The molecule has 2 heterocycles. The van der Waals surface area contributed by atoms with Gasteiger partial charge in [0.15, 0.2) is 11.8 Å². The quantitative estimate of drug-likeness (QED) is 0.357. The van der Waals surface area contributed by atoms with E-state index in [0.717, 1.165) is 43.5 Å². The van der Waals surface area contributed by atoms with Crippen molar-refractivity contribution in [2.75, 3.05) is 6.54 Å². The molecule has 0 aliphatic carbocycles. The van der Waals surface area contributed by atoms with Crippen molar-refractivity contribution >= 4 is 17.3 Å². The van der Waals surface area contributed by atoms with Crippen LogP contribution in [0.1, 0.15) is 28.5 Å². The van der Waals surface area contributed by atoms with Crippen LogP contribution in [0.25, 0.3) is 0 Å². The Labute approximate surface area is 164 Å². The van der Waals surface area contributed by atoms with E-state index < -0.39 is 0 Å². The molecule has 7 heteroatoms. The van der Waals surface area contributed by atoms with Crippen LogP contribution in [0.2, 0.25) is 0 Å². The van der Waals surface area contributed by atoms with E-state index in [-0.39, 0.29) is 0 Å². The molecule has 0 radical (unpaired) electrons. The first-order valence-electron chi connectivity index (χ1n) is 9.16. The lowest BCUT2D eigenvalue weighted by molar-refractivity contribution is 0.726. The van der Waals surface area contributed by atoms with Crippen LogP contribution in [0.3, 0.4) is 0 Å². The fourth-order valence-corrected chi connectivity index (χ4v) is 3.29. The number of nitrogens with zero attached hydrogens (tertiary/aromatic N) is 4. The van der Waals surface area contributed by atoms with Gasteiger partial charge in [-0.15, -0.1) is 21.5 Å². The minimum atomic E-state index is 0.496. The summed E-state index contributed by atoms with van der Waals surface area (Å²) in [5.74, 6) is 2.55. The number of rotatable bonds is 8. The predicted molar refractivity (Wildman–Crippen MR) is 111 cm³/mol. The highest BCUT2D eigenvalue weighted by Gasteiger charge is 2.05. The van der Waals surface area contributed by atoms with E-state index in [2.05, 4.69) is 73.7 Å². The van der Waals surface area contributed by atoms with Crippen LogP contribution in [0.15, 0.2) is 52.8 Å². The number of benzene rings is 1. The van der Waals surface area contributed by atoms with Gasteiger partial charge in [0, 0.05) is 18.5 Å². The second-order valence-electron chi connectivity index (χ2n) is 6.34. The topological polar surface area (TPSA) is 67.1 Å². The minimum Gasteiger partial charge on any atom is -0.356 e. The Hall–Kier alpha value is -2.67. The van der Waals surface area contributed by atoms with Crippen LogP contribution < -0.4 is 10.6 Å². The molecule has 3 aromatic rings. The lowest BCUT2D eigenvalue weighted by Gasteiger charge is -2.12. The van der Waals surface area contributed by atoms with E-state index in [1.807, 2.05) is 18.5 Å². The predicted octanol–water partition coefficient (Wildman–Crippen LogP) is 3.05. The number of aliphatic imine (C=N–C) groups is 1. The second kappa shape index (κ2) is 9.87. The van der Waals surface area contributed by atoms with Gasteiger partial charge in [0.2, 0.25) is 0 Å². The Kier molecular flexibility index (Phi) is 6.98. The Morgan fingerprint density at radius 2 is 1.96 bits per heavy atom. The van der Waals surface area contributed by atoms with Gasteiger partial charge >= 0.3 is 0 Å². The van der Waals surface area contributed by atoms with Crippen molar-refractivity contribution < 1.29 is 0 Å². The van der Waals surface area contributed by atoms with Gasteiger partial charge in [0.25, 0.3) is 0 Å². The number of nitrogens with one attached hydrogen (secondary N) is 2. The maximum absolute atomic E-state index is 4.69. The molecule has 142 valence electrons. The van der Waals surface area contributed by atoms with Crippen molar-refractivity contribution in [3.8, 4) is 0 Å². The van der Waals surface area contributed by atoms with Gasteiger partial charge in [-0.2, -0.15) is 0 Å².